The summed E-state index contributed by atoms with van der Waals surface area (Å²) in [5.41, 5.74) is -3.03. The van der Waals surface area contributed by atoms with Crippen LogP contribution in [0.5, 0.6) is 11.5 Å². The highest BCUT2D eigenvalue weighted by molar-refractivity contribution is 8.67. The lowest BCUT2D eigenvalue weighted by molar-refractivity contribution is 0.121. The van der Waals surface area contributed by atoms with Crippen LogP contribution in [0.3, 0.4) is 0 Å². The van der Waals surface area contributed by atoms with Crippen molar-refractivity contribution in [3.8, 4) is 11.5 Å². The lowest BCUT2D eigenvalue weighted by Crippen LogP contribution is -2.23. The average Bonchev–Trinajstić information content (AvgIpc) is 2.98. The molecular weight excluding hydrogens is 567 g/mol. The van der Waals surface area contributed by atoms with E-state index in [-0.39, 0.29) is 12.2 Å². The normalized spacial score (nSPS) is 14.3. The van der Waals surface area contributed by atoms with E-state index in [1.807, 2.05) is 60.7 Å². The second kappa shape index (κ2) is 23.4. The van der Waals surface area contributed by atoms with Crippen molar-refractivity contribution in [3.05, 3.63) is 60.7 Å². The predicted octanol–water partition coefficient (Wildman–Crippen LogP) is 11.1. The quantitative estimate of drug-likeness (QED) is 0.0832. The molecule has 0 fully saturated rings. The first-order chi connectivity index (χ1) is 20.0. The highest BCUT2D eigenvalue weighted by atomic mass is 32.9. The van der Waals surface area contributed by atoms with Gasteiger partial charge in [-0.3, -0.25) is 0 Å². The molecule has 2 aromatic rings. The molecule has 232 valence electrons. The predicted molar refractivity (Wildman–Crippen MR) is 182 cm³/mol. The summed E-state index contributed by atoms with van der Waals surface area (Å²) in [5.74, 6) is 2.30. The maximum atomic E-state index is 11.1. The van der Waals surface area contributed by atoms with Gasteiger partial charge < -0.3 is 18.9 Å². The molecule has 3 atom stereocenters. The molecule has 4 nitrogen and oxygen atoms in total. The summed E-state index contributed by atoms with van der Waals surface area (Å²) in [4.78, 5) is 11.1. The number of para-hydroxylation sites is 2. The van der Waals surface area contributed by atoms with Gasteiger partial charge in [-0.25, -0.2) is 0 Å². The summed E-state index contributed by atoms with van der Waals surface area (Å²) in [7, 11) is 0. The molecule has 0 aromatic heterocycles. The molecule has 0 radical (unpaired) electrons. The third-order valence-corrected chi connectivity index (χ3v) is 11.5. The van der Waals surface area contributed by atoms with Gasteiger partial charge in [0.1, 0.15) is 23.7 Å². The van der Waals surface area contributed by atoms with Gasteiger partial charge >= 0.3 is 0 Å². The van der Waals surface area contributed by atoms with Crippen molar-refractivity contribution >= 4 is 28.9 Å². The average molecular weight is 623 g/mol. The third kappa shape index (κ3) is 19.0. The van der Waals surface area contributed by atoms with Gasteiger partial charge in [-0.2, -0.15) is 0 Å². The van der Waals surface area contributed by atoms with Gasteiger partial charge in [0.2, 0.25) is 5.69 Å². The monoisotopic (exact) mass is 622 g/mol. The van der Waals surface area contributed by atoms with Crippen molar-refractivity contribution in [2.45, 2.75) is 129 Å². The van der Waals surface area contributed by atoms with E-state index in [4.69, 9.17) is 25.8 Å². The summed E-state index contributed by atoms with van der Waals surface area (Å²) >= 11 is 6.94. The van der Waals surface area contributed by atoms with Gasteiger partial charge in [-0.1, -0.05) is 139 Å². The third-order valence-electron chi connectivity index (χ3n) is 7.20. The van der Waals surface area contributed by atoms with Gasteiger partial charge in [0.25, 0.3) is 0 Å². The van der Waals surface area contributed by atoms with Crippen LogP contribution in [-0.4, -0.2) is 29.5 Å². The summed E-state index contributed by atoms with van der Waals surface area (Å²) < 4.78 is 18.6. The fourth-order valence-electron chi connectivity index (χ4n) is 4.79. The topological polar surface area (TPSA) is 47.9 Å². The fraction of sp³-hybridized carbons (Fsp3) is 0.647. The second-order valence-corrected chi connectivity index (χ2v) is 17.2. The van der Waals surface area contributed by atoms with Crippen molar-refractivity contribution in [2.75, 3.05) is 12.4 Å². The molecule has 0 aliphatic heterocycles. The molecule has 0 saturated heterocycles. The number of benzene rings is 2. The van der Waals surface area contributed by atoms with Gasteiger partial charge in [0.15, 0.2) is 0 Å². The Labute approximate surface area is 260 Å². The number of hydrogen-bond donors (Lipinski definition) is 1. The molecule has 0 bridgehead atoms. The minimum Gasteiger partial charge on any atom is -0.490 e. The Hall–Kier alpha value is -1.04. The van der Waals surface area contributed by atoms with Gasteiger partial charge in [-0.05, 0) is 61.8 Å². The van der Waals surface area contributed by atoms with E-state index in [2.05, 4.69) is 13.8 Å². The van der Waals surface area contributed by atoms with Gasteiger partial charge in [-0.15, -0.1) is 0 Å². The van der Waals surface area contributed by atoms with Crippen LogP contribution in [0.1, 0.15) is 117 Å². The molecule has 0 aliphatic rings. The van der Waals surface area contributed by atoms with Crippen LogP contribution in [0, 0.1) is 0 Å². The molecule has 0 saturated carbocycles. The van der Waals surface area contributed by atoms with E-state index in [0.717, 1.165) is 37.2 Å². The Morgan fingerprint density at radius 1 is 0.634 bits per heavy atom. The first-order valence-corrected chi connectivity index (χ1v) is 20.3. The highest BCUT2D eigenvalue weighted by Crippen LogP contribution is 2.56. The minimum absolute atomic E-state index is 0.0137. The van der Waals surface area contributed by atoms with E-state index in [1.54, 1.807) is 0 Å². The molecule has 0 heterocycles. The van der Waals surface area contributed by atoms with Crippen molar-refractivity contribution < 1.29 is 18.9 Å². The van der Waals surface area contributed by atoms with Crippen molar-refractivity contribution in [1.29, 1.82) is 0 Å². The second-order valence-electron chi connectivity index (χ2n) is 11.0. The smallest absolute Gasteiger partial charge is 0.244 e. The van der Waals surface area contributed by atoms with E-state index in [0.29, 0.717) is 12.4 Å². The summed E-state index contributed by atoms with van der Waals surface area (Å²) in [5, 5.41) is 0. The SMILES string of the molecule is CCCCCCCCCC(COP(O)(=S)SCC(CCCCCCCCC)Oc1ccccc1)Oc1ccccc1. The molecule has 3 unspecified atom stereocenters. The van der Waals surface area contributed by atoms with E-state index < -0.39 is 5.69 Å². The van der Waals surface area contributed by atoms with E-state index in [1.165, 1.54) is 88.4 Å². The fourth-order valence-corrected chi connectivity index (χ4v) is 8.00. The Morgan fingerprint density at radius 2 is 1.05 bits per heavy atom. The number of unbranched alkanes of at least 4 members (excludes halogenated alkanes) is 12. The van der Waals surface area contributed by atoms with Gasteiger partial charge in [0, 0.05) is 5.75 Å². The van der Waals surface area contributed by atoms with E-state index >= 15 is 0 Å². The van der Waals surface area contributed by atoms with Crippen molar-refractivity contribution in [3.63, 3.8) is 0 Å². The molecule has 2 aromatic carbocycles. The van der Waals surface area contributed by atoms with Crippen molar-refractivity contribution in [2.24, 2.45) is 0 Å². The standard InChI is InChI=1S/C34H55O4PS2/c1-3-5-7-9-11-13-17-27-33(37-31-23-19-15-20-24-31)29-36-39(35,40)41-30-34(38-32-25-21-16-22-26-32)28-18-14-12-10-8-6-4-2/h15-16,19-26,33-34H,3-14,17-18,27-30H2,1-2H3,(H,35,40). The first-order valence-electron chi connectivity index (χ1n) is 16.1. The number of ether oxygens (including phenoxy) is 2. The maximum Gasteiger partial charge on any atom is 0.244 e. The Balaban J connectivity index is 1.84. The van der Waals surface area contributed by atoms with Gasteiger partial charge in [0.05, 0.1) is 6.61 Å². The molecule has 2 rings (SSSR count). The maximum absolute atomic E-state index is 11.1. The molecule has 7 heteroatoms. The van der Waals surface area contributed by atoms with Crippen LogP contribution in [-0.2, 0) is 16.3 Å². The van der Waals surface area contributed by atoms with Crippen LogP contribution in [0.4, 0.5) is 0 Å². The molecular formula is C34H55O4PS2. The van der Waals surface area contributed by atoms with Crippen LogP contribution in [0.15, 0.2) is 60.7 Å². The lowest BCUT2D eigenvalue weighted by Gasteiger charge is -2.24. The van der Waals surface area contributed by atoms with Crippen LogP contribution in [0.2, 0.25) is 0 Å². The Morgan fingerprint density at radius 3 is 1.54 bits per heavy atom. The molecule has 41 heavy (non-hydrogen) atoms. The van der Waals surface area contributed by atoms with Crippen molar-refractivity contribution in [1.82, 2.24) is 0 Å². The lowest BCUT2D eigenvalue weighted by atomic mass is 10.1. The van der Waals surface area contributed by atoms with E-state index in [9.17, 15) is 4.89 Å². The minimum atomic E-state index is -3.03. The number of rotatable bonds is 26. The molecule has 0 spiro atoms. The summed E-state index contributed by atoms with van der Waals surface area (Å²) in [6.45, 7) is 4.80. The molecule has 1 N–H and O–H groups in total. The zero-order valence-electron chi connectivity index (χ0n) is 25.6. The summed E-state index contributed by atoms with van der Waals surface area (Å²) in [6.07, 6.45) is 19.3. The Kier molecular flexibility index (Phi) is 20.7. The largest absolute Gasteiger partial charge is 0.490 e. The zero-order chi connectivity index (χ0) is 29.4. The van der Waals surface area contributed by atoms with Crippen LogP contribution in [0.25, 0.3) is 0 Å². The highest BCUT2D eigenvalue weighted by Gasteiger charge is 2.22. The van der Waals surface area contributed by atoms with Crippen LogP contribution < -0.4 is 9.47 Å². The number of hydrogen-bond acceptors (Lipinski definition) is 5. The molecule has 0 aliphatic carbocycles. The van der Waals surface area contributed by atoms with Crippen LogP contribution >= 0.6 is 17.1 Å². The zero-order valence-corrected chi connectivity index (χ0v) is 28.1. The molecule has 0 amide bonds. The first kappa shape index (κ1) is 36.2. The Bertz CT molecular complexity index is 844. The summed E-state index contributed by atoms with van der Waals surface area (Å²) in [6, 6.07) is 19.8.